The molecule has 5 nitrogen and oxygen atoms in total. The van der Waals surface area contributed by atoms with E-state index in [-0.39, 0.29) is 11.9 Å². The Morgan fingerprint density at radius 3 is 2.76 bits per heavy atom. The summed E-state index contributed by atoms with van der Waals surface area (Å²) in [7, 11) is 0. The van der Waals surface area contributed by atoms with E-state index in [1.54, 1.807) is 11.3 Å². The molecule has 2 rings (SSSR count). The zero-order valence-corrected chi connectivity index (χ0v) is 10.8. The first-order valence-corrected chi connectivity index (χ1v) is 6.79. The SMILES string of the molecule is CC[C@H](N)C(=O)N1CCN(c2nccs2)CC1. The second kappa shape index (κ2) is 5.46. The van der Waals surface area contributed by atoms with Crippen molar-refractivity contribution in [3.05, 3.63) is 11.6 Å². The summed E-state index contributed by atoms with van der Waals surface area (Å²) in [6.45, 7) is 5.11. The summed E-state index contributed by atoms with van der Waals surface area (Å²) in [6.07, 6.45) is 2.51. The molecule has 0 radical (unpaired) electrons. The van der Waals surface area contributed by atoms with Crippen LogP contribution in [0.5, 0.6) is 0 Å². The van der Waals surface area contributed by atoms with Crippen LogP contribution in [0.15, 0.2) is 11.6 Å². The molecule has 1 amide bonds. The van der Waals surface area contributed by atoms with Gasteiger partial charge in [-0.2, -0.15) is 0 Å². The van der Waals surface area contributed by atoms with E-state index in [1.165, 1.54) is 0 Å². The summed E-state index contributed by atoms with van der Waals surface area (Å²) in [6, 6.07) is -0.346. The van der Waals surface area contributed by atoms with Crippen LogP contribution in [-0.4, -0.2) is 48.0 Å². The number of aromatic nitrogens is 1. The van der Waals surface area contributed by atoms with E-state index in [1.807, 2.05) is 23.4 Å². The predicted octanol–water partition coefficient (Wildman–Crippen LogP) is 0.529. The summed E-state index contributed by atoms with van der Waals surface area (Å²) >= 11 is 1.64. The highest BCUT2D eigenvalue weighted by molar-refractivity contribution is 7.13. The van der Waals surface area contributed by atoms with Crippen LogP contribution in [0.3, 0.4) is 0 Å². The molecule has 1 fully saturated rings. The predicted molar refractivity (Wildman–Crippen MR) is 69.2 cm³/mol. The van der Waals surface area contributed by atoms with Crippen molar-refractivity contribution < 1.29 is 4.79 Å². The zero-order valence-electron chi connectivity index (χ0n) is 10.0. The van der Waals surface area contributed by atoms with Crippen molar-refractivity contribution in [2.24, 2.45) is 5.73 Å². The number of carbonyl (C=O) groups excluding carboxylic acids is 1. The van der Waals surface area contributed by atoms with Crippen molar-refractivity contribution in [2.75, 3.05) is 31.1 Å². The number of thiazole rings is 1. The van der Waals surface area contributed by atoms with E-state index in [0.717, 1.165) is 31.3 Å². The van der Waals surface area contributed by atoms with Gasteiger partial charge in [-0.05, 0) is 6.42 Å². The fraction of sp³-hybridized carbons (Fsp3) is 0.636. The van der Waals surface area contributed by atoms with Gasteiger partial charge < -0.3 is 15.5 Å². The number of nitrogens with two attached hydrogens (primary N) is 1. The van der Waals surface area contributed by atoms with Crippen LogP contribution < -0.4 is 10.6 Å². The van der Waals surface area contributed by atoms with Crippen molar-refractivity contribution in [1.82, 2.24) is 9.88 Å². The Morgan fingerprint density at radius 2 is 2.24 bits per heavy atom. The largest absolute Gasteiger partial charge is 0.345 e. The number of anilines is 1. The second-order valence-electron chi connectivity index (χ2n) is 4.14. The lowest BCUT2D eigenvalue weighted by molar-refractivity contribution is -0.132. The van der Waals surface area contributed by atoms with Gasteiger partial charge in [0.2, 0.25) is 5.91 Å². The summed E-state index contributed by atoms with van der Waals surface area (Å²) in [4.78, 5) is 20.2. The Bertz CT molecular complexity index is 360. The lowest BCUT2D eigenvalue weighted by atomic mass is 10.2. The van der Waals surface area contributed by atoms with E-state index in [2.05, 4.69) is 9.88 Å². The maximum Gasteiger partial charge on any atom is 0.239 e. The molecule has 0 aliphatic carbocycles. The van der Waals surface area contributed by atoms with Gasteiger partial charge in [0.05, 0.1) is 6.04 Å². The van der Waals surface area contributed by atoms with E-state index in [4.69, 9.17) is 5.73 Å². The lowest BCUT2D eigenvalue weighted by Crippen LogP contribution is -2.53. The lowest BCUT2D eigenvalue weighted by Gasteiger charge is -2.35. The van der Waals surface area contributed by atoms with Gasteiger partial charge in [0.15, 0.2) is 5.13 Å². The molecule has 17 heavy (non-hydrogen) atoms. The van der Waals surface area contributed by atoms with E-state index in [9.17, 15) is 4.79 Å². The normalized spacial score (nSPS) is 18.2. The molecule has 1 aliphatic rings. The van der Waals surface area contributed by atoms with Gasteiger partial charge in [-0.3, -0.25) is 4.79 Å². The third-order valence-corrected chi connectivity index (χ3v) is 3.87. The standard InChI is InChI=1S/C11H18N4OS/c1-2-9(12)10(16)14-4-6-15(7-5-14)11-13-3-8-17-11/h3,8-9H,2,4-7,12H2,1H3/t9-/m0/s1. The van der Waals surface area contributed by atoms with E-state index >= 15 is 0 Å². The fourth-order valence-electron chi connectivity index (χ4n) is 1.90. The van der Waals surface area contributed by atoms with Gasteiger partial charge in [-0.15, -0.1) is 11.3 Å². The Kier molecular flexibility index (Phi) is 3.96. The molecular weight excluding hydrogens is 236 g/mol. The van der Waals surface area contributed by atoms with Crippen molar-refractivity contribution in [3.63, 3.8) is 0 Å². The Balaban J connectivity index is 1.88. The molecule has 1 aromatic heterocycles. The smallest absolute Gasteiger partial charge is 0.239 e. The number of rotatable bonds is 3. The molecular formula is C11H18N4OS. The van der Waals surface area contributed by atoms with Crippen molar-refractivity contribution in [3.8, 4) is 0 Å². The van der Waals surface area contributed by atoms with Crippen LogP contribution in [0.2, 0.25) is 0 Å². The monoisotopic (exact) mass is 254 g/mol. The molecule has 0 aromatic carbocycles. The van der Waals surface area contributed by atoms with Gasteiger partial charge >= 0.3 is 0 Å². The Labute approximate surface area is 105 Å². The van der Waals surface area contributed by atoms with Crippen molar-refractivity contribution >= 4 is 22.4 Å². The average Bonchev–Trinajstić information content (AvgIpc) is 2.91. The number of hydrogen-bond acceptors (Lipinski definition) is 5. The molecule has 0 spiro atoms. The zero-order chi connectivity index (χ0) is 12.3. The summed E-state index contributed by atoms with van der Waals surface area (Å²) < 4.78 is 0. The first-order valence-electron chi connectivity index (χ1n) is 5.91. The van der Waals surface area contributed by atoms with Crippen LogP contribution in [0.4, 0.5) is 5.13 Å². The van der Waals surface area contributed by atoms with Crippen LogP contribution in [-0.2, 0) is 4.79 Å². The fourth-order valence-corrected chi connectivity index (χ4v) is 2.60. The van der Waals surface area contributed by atoms with Crippen LogP contribution >= 0.6 is 11.3 Å². The molecule has 6 heteroatoms. The van der Waals surface area contributed by atoms with Crippen molar-refractivity contribution in [2.45, 2.75) is 19.4 Å². The first-order chi connectivity index (χ1) is 8.22. The number of carbonyl (C=O) groups is 1. The molecule has 1 aromatic rings. The molecule has 1 atom stereocenters. The Morgan fingerprint density at radius 1 is 1.53 bits per heavy atom. The van der Waals surface area contributed by atoms with Gasteiger partial charge in [0.25, 0.3) is 0 Å². The number of hydrogen-bond donors (Lipinski definition) is 1. The van der Waals surface area contributed by atoms with E-state index in [0.29, 0.717) is 6.42 Å². The minimum atomic E-state index is -0.346. The molecule has 0 bridgehead atoms. The summed E-state index contributed by atoms with van der Waals surface area (Å²) in [5.74, 6) is 0.0753. The third kappa shape index (κ3) is 2.76. The third-order valence-electron chi connectivity index (χ3n) is 3.04. The second-order valence-corrected chi connectivity index (χ2v) is 5.01. The molecule has 2 heterocycles. The minimum Gasteiger partial charge on any atom is -0.345 e. The number of nitrogens with zero attached hydrogens (tertiary/aromatic N) is 3. The molecule has 2 N–H and O–H groups in total. The molecule has 94 valence electrons. The molecule has 0 saturated carbocycles. The summed E-state index contributed by atoms with van der Waals surface area (Å²) in [5.41, 5.74) is 5.76. The van der Waals surface area contributed by atoms with Gasteiger partial charge in [-0.1, -0.05) is 6.92 Å². The van der Waals surface area contributed by atoms with Crippen LogP contribution in [0, 0.1) is 0 Å². The average molecular weight is 254 g/mol. The quantitative estimate of drug-likeness (QED) is 0.854. The number of piperazine rings is 1. The molecule has 1 saturated heterocycles. The van der Waals surface area contributed by atoms with E-state index < -0.39 is 0 Å². The Hall–Kier alpha value is -1.14. The maximum atomic E-state index is 11.9. The topological polar surface area (TPSA) is 62.5 Å². The minimum absolute atomic E-state index is 0.0753. The first kappa shape index (κ1) is 12.3. The highest BCUT2D eigenvalue weighted by Gasteiger charge is 2.24. The highest BCUT2D eigenvalue weighted by atomic mass is 32.1. The van der Waals surface area contributed by atoms with Gasteiger partial charge in [0.1, 0.15) is 0 Å². The number of amides is 1. The van der Waals surface area contributed by atoms with Gasteiger partial charge in [-0.25, -0.2) is 4.98 Å². The molecule has 1 aliphatic heterocycles. The van der Waals surface area contributed by atoms with Crippen molar-refractivity contribution in [1.29, 1.82) is 0 Å². The van der Waals surface area contributed by atoms with Gasteiger partial charge in [0, 0.05) is 37.8 Å². The van der Waals surface area contributed by atoms with Crippen LogP contribution in [0.1, 0.15) is 13.3 Å². The highest BCUT2D eigenvalue weighted by Crippen LogP contribution is 2.19. The molecule has 0 unspecified atom stereocenters. The van der Waals surface area contributed by atoms with Crippen LogP contribution in [0.25, 0.3) is 0 Å². The maximum absolute atomic E-state index is 11.9. The summed E-state index contributed by atoms with van der Waals surface area (Å²) in [5, 5.41) is 3.01.